The first-order chi connectivity index (χ1) is 19.1. The molecule has 11 heteroatoms. The third-order valence-electron chi connectivity index (χ3n) is 6.47. The number of aromatic nitrogens is 3. The van der Waals surface area contributed by atoms with E-state index < -0.39 is 27.3 Å². The number of sulfone groups is 1. The molecular formula is C29H21FIN5O3S. The van der Waals surface area contributed by atoms with Crippen LogP contribution in [0, 0.1) is 20.8 Å². The molecular weight excluding hydrogens is 644 g/mol. The Hall–Kier alpha value is -4.15. The molecule has 3 aromatic heterocycles. The lowest BCUT2D eigenvalue weighted by molar-refractivity contribution is 0.602. The molecule has 0 spiro atoms. The summed E-state index contributed by atoms with van der Waals surface area (Å²) in [5.74, 6) is -0.286. The van der Waals surface area contributed by atoms with Crippen molar-refractivity contribution >= 4 is 43.8 Å². The van der Waals surface area contributed by atoms with E-state index in [9.17, 15) is 22.9 Å². The first-order valence-corrected chi connectivity index (χ1v) is 15.0. The van der Waals surface area contributed by atoms with Gasteiger partial charge in [0.1, 0.15) is 33.3 Å². The van der Waals surface area contributed by atoms with Gasteiger partial charge in [0.2, 0.25) is 0 Å². The number of benzene rings is 2. The van der Waals surface area contributed by atoms with Gasteiger partial charge in [0.15, 0.2) is 9.84 Å². The highest BCUT2D eigenvalue weighted by molar-refractivity contribution is 14.1. The van der Waals surface area contributed by atoms with E-state index >= 15 is 0 Å². The van der Waals surface area contributed by atoms with Gasteiger partial charge in [-0.1, -0.05) is 42.5 Å². The van der Waals surface area contributed by atoms with Crippen molar-refractivity contribution in [1.82, 2.24) is 14.4 Å². The summed E-state index contributed by atoms with van der Waals surface area (Å²) in [5.41, 5.74) is 2.99. The maximum atomic E-state index is 14.5. The summed E-state index contributed by atoms with van der Waals surface area (Å²) in [7, 11) is -3.45. The summed E-state index contributed by atoms with van der Waals surface area (Å²) in [6.45, 7) is 1.84. The third kappa shape index (κ3) is 5.07. The molecule has 200 valence electrons. The zero-order chi connectivity index (χ0) is 28.6. The fourth-order valence-electron chi connectivity index (χ4n) is 4.68. The zero-order valence-electron chi connectivity index (χ0n) is 21.3. The number of nitrogens with one attached hydrogen (secondary N) is 1. The SMILES string of the molecule is C[C@H](Nc1ncnc(I)c1C#N)c1c(-c2ccccc2)c(=O)n2cc(F)ccc2c1-c1ccc(S(C)(=O)=O)cc1. The Morgan fingerprint density at radius 1 is 1.00 bits per heavy atom. The summed E-state index contributed by atoms with van der Waals surface area (Å²) in [6, 6.07) is 19.7. The quantitative estimate of drug-likeness (QED) is 0.185. The molecule has 0 amide bonds. The van der Waals surface area contributed by atoms with Gasteiger partial charge in [-0.15, -0.1) is 0 Å². The van der Waals surface area contributed by atoms with Gasteiger partial charge in [0, 0.05) is 18.0 Å². The van der Waals surface area contributed by atoms with Crippen LogP contribution in [0.3, 0.4) is 0 Å². The Labute approximate surface area is 243 Å². The van der Waals surface area contributed by atoms with Gasteiger partial charge in [-0.25, -0.2) is 22.8 Å². The van der Waals surface area contributed by atoms with E-state index in [0.717, 1.165) is 12.5 Å². The van der Waals surface area contributed by atoms with Gasteiger partial charge < -0.3 is 5.32 Å². The number of nitriles is 1. The van der Waals surface area contributed by atoms with Gasteiger partial charge in [0.25, 0.3) is 5.56 Å². The van der Waals surface area contributed by atoms with Crippen molar-refractivity contribution < 1.29 is 12.8 Å². The van der Waals surface area contributed by atoms with Crippen LogP contribution in [0.2, 0.25) is 0 Å². The van der Waals surface area contributed by atoms with Crippen molar-refractivity contribution in [3.63, 3.8) is 0 Å². The van der Waals surface area contributed by atoms with Crippen molar-refractivity contribution in [2.24, 2.45) is 0 Å². The standard InChI is InChI=1S/C29H21FIN5O3S/c1-17(35-28-22(14-32)27(31)33-16-34-28)24-25(19-8-11-21(12-9-19)40(2,38)39)23-13-10-20(30)15-36(23)29(37)26(24)18-6-4-3-5-7-18/h3-13,15-17H,1-2H3,(H,33,34,35)/t17-/m0/s1. The maximum Gasteiger partial charge on any atom is 0.263 e. The van der Waals surface area contributed by atoms with Gasteiger partial charge in [-0.2, -0.15) is 5.26 Å². The Kier molecular flexibility index (Phi) is 7.39. The van der Waals surface area contributed by atoms with Gasteiger partial charge in [0.05, 0.1) is 22.0 Å². The fraction of sp³-hybridized carbons (Fsp3) is 0.103. The lowest BCUT2D eigenvalue weighted by atomic mass is 9.88. The molecule has 2 aromatic carbocycles. The van der Waals surface area contributed by atoms with Crippen LogP contribution in [0.5, 0.6) is 0 Å². The van der Waals surface area contributed by atoms with Crippen LogP contribution in [-0.4, -0.2) is 29.0 Å². The number of hydrogen-bond donors (Lipinski definition) is 1. The van der Waals surface area contributed by atoms with Crippen molar-refractivity contribution in [1.29, 1.82) is 5.26 Å². The minimum atomic E-state index is -3.45. The van der Waals surface area contributed by atoms with E-state index in [1.54, 1.807) is 36.4 Å². The van der Waals surface area contributed by atoms with Crippen LogP contribution in [-0.2, 0) is 9.84 Å². The molecule has 0 bridgehead atoms. The van der Waals surface area contributed by atoms with Crippen molar-refractivity contribution in [3.8, 4) is 28.3 Å². The van der Waals surface area contributed by atoms with Crippen LogP contribution in [0.4, 0.5) is 10.2 Å². The number of pyridine rings is 2. The second-order valence-corrected chi connectivity index (χ2v) is 12.1. The van der Waals surface area contributed by atoms with E-state index in [-0.39, 0.29) is 10.5 Å². The second-order valence-electron chi connectivity index (χ2n) is 9.10. The van der Waals surface area contributed by atoms with Crippen LogP contribution in [0.15, 0.2) is 88.9 Å². The summed E-state index contributed by atoms with van der Waals surface area (Å²) < 4.78 is 40.5. The van der Waals surface area contributed by atoms with E-state index in [1.807, 2.05) is 35.6 Å². The Bertz CT molecular complexity index is 1970. The summed E-state index contributed by atoms with van der Waals surface area (Å²) in [6.07, 6.45) is 3.61. The summed E-state index contributed by atoms with van der Waals surface area (Å²) >= 11 is 1.96. The average molecular weight is 665 g/mol. The number of fused-ring (bicyclic) bond motifs is 1. The van der Waals surface area contributed by atoms with E-state index in [0.29, 0.717) is 42.9 Å². The smallest absolute Gasteiger partial charge is 0.263 e. The lowest BCUT2D eigenvalue weighted by Crippen LogP contribution is -2.23. The van der Waals surface area contributed by atoms with Crippen LogP contribution >= 0.6 is 22.6 Å². The number of halogens is 2. The molecule has 40 heavy (non-hydrogen) atoms. The molecule has 0 aliphatic rings. The van der Waals surface area contributed by atoms with E-state index in [2.05, 4.69) is 21.4 Å². The highest BCUT2D eigenvalue weighted by Crippen LogP contribution is 2.39. The minimum absolute atomic E-state index is 0.143. The molecule has 0 aliphatic carbocycles. The predicted molar refractivity (Wildman–Crippen MR) is 159 cm³/mol. The average Bonchev–Trinajstić information content (AvgIpc) is 2.93. The highest BCUT2D eigenvalue weighted by Gasteiger charge is 2.26. The molecule has 0 saturated carbocycles. The molecule has 0 aliphatic heterocycles. The number of rotatable bonds is 6. The molecule has 3 heterocycles. The second kappa shape index (κ2) is 10.8. The van der Waals surface area contributed by atoms with Crippen LogP contribution < -0.4 is 10.9 Å². The molecule has 8 nitrogen and oxygen atoms in total. The van der Waals surface area contributed by atoms with Crippen molar-refractivity contribution in [3.05, 3.63) is 110 Å². The molecule has 1 atom stereocenters. The van der Waals surface area contributed by atoms with Crippen LogP contribution in [0.25, 0.3) is 27.8 Å². The van der Waals surface area contributed by atoms with Gasteiger partial charge in [-0.3, -0.25) is 9.20 Å². The monoisotopic (exact) mass is 665 g/mol. The predicted octanol–water partition coefficient (Wildman–Crippen LogP) is 5.62. The lowest BCUT2D eigenvalue weighted by Gasteiger charge is -2.25. The largest absolute Gasteiger partial charge is 0.362 e. The molecule has 1 N–H and O–H groups in total. The van der Waals surface area contributed by atoms with E-state index in [1.165, 1.54) is 35.0 Å². The molecule has 5 aromatic rings. The topological polar surface area (TPSA) is 117 Å². The normalized spacial score (nSPS) is 12.2. The maximum absolute atomic E-state index is 14.5. The highest BCUT2D eigenvalue weighted by atomic mass is 127. The Morgan fingerprint density at radius 2 is 1.68 bits per heavy atom. The molecule has 0 fully saturated rings. The number of anilines is 1. The number of hydrogen-bond acceptors (Lipinski definition) is 7. The first-order valence-electron chi connectivity index (χ1n) is 12.0. The molecule has 5 rings (SSSR count). The van der Waals surface area contributed by atoms with Crippen molar-refractivity contribution in [2.45, 2.75) is 17.9 Å². The van der Waals surface area contributed by atoms with Crippen molar-refractivity contribution in [2.75, 3.05) is 11.6 Å². The molecule has 0 radical (unpaired) electrons. The Balaban J connectivity index is 1.88. The van der Waals surface area contributed by atoms with Crippen LogP contribution in [0.1, 0.15) is 24.1 Å². The van der Waals surface area contributed by atoms with E-state index in [4.69, 9.17) is 0 Å². The third-order valence-corrected chi connectivity index (χ3v) is 8.42. The zero-order valence-corrected chi connectivity index (χ0v) is 24.2. The fourth-order valence-corrected chi connectivity index (χ4v) is 5.82. The minimum Gasteiger partial charge on any atom is -0.362 e. The molecule has 0 saturated heterocycles. The molecule has 0 unspecified atom stereocenters. The summed E-state index contributed by atoms with van der Waals surface area (Å²) in [5, 5.41) is 13.0. The Morgan fingerprint density at radius 3 is 2.33 bits per heavy atom. The number of nitrogens with zero attached hydrogens (tertiary/aromatic N) is 4. The van der Waals surface area contributed by atoms with Gasteiger partial charge in [-0.05, 0) is 70.5 Å². The first kappa shape index (κ1) is 27.4. The summed E-state index contributed by atoms with van der Waals surface area (Å²) in [4.78, 5) is 22.5. The van der Waals surface area contributed by atoms with Gasteiger partial charge >= 0.3 is 0 Å².